The highest BCUT2D eigenvalue weighted by molar-refractivity contribution is 5.76. The lowest BCUT2D eigenvalue weighted by molar-refractivity contribution is -0.129. The van der Waals surface area contributed by atoms with E-state index < -0.39 is 0 Å². The van der Waals surface area contributed by atoms with Gasteiger partial charge in [0.05, 0.1) is 0 Å². The van der Waals surface area contributed by atoms with E-state index in [2.05, 4.69) is 29.2 Å². The normalized spacial score (nSPS) is 10.5. The number of anilines is 1. The maximum atomic E-state index is 12.0. The van der Waals surface area contributed by atoms with Gasteiger partial charge in [0.1, 0.15) is 0 Å². The average molecular weight is 292 g/mol. The van der Waals surface area contributed by atoms with E-state index >= 15 is 0 Å². The van der Waals surface area contributed by atoms with Crippen LogP contribution in [0.15, 0.2) is 24.3 Å². The van der Waals surface area contributed by atoms with E-state index in [9.17, 15) is 4.79 Å². The van der Waals surface area contributed by atoms with Gasteiger partial charge in [-0.25, -0.2) is 0 Å². The number of unbranched alkanes of at least 4 members (excludes halogenated alkanes) is 2. The molecule has 1 amide bonds. The molecule has 0 aliphatic carbocycles. The molecule has 4 nitrogen and oxygen atoms in total. The number of carbonyl (C=O) groups excluding carboxylic acids is 1. The van der Waals surface area contributed by atoms with Crippen molar-refractivity contribution in [3.63, 3.8) is 0 Å². The third-order valence-electron chi connectivity index (χ3n) is 3.66. The molecule has 1 aromatic carbocycles. The smallest absolute Gasteiger partial charge is 0.222 e. The molecule has 0 saturated heterocycles. The molecular weight excluding hydrogens is 264 g/mol. The Balaban J connectivity index is 2.31. The zero-order valence-electron chi connectivity index (χ0n) is 13.5. The highest BCUT2D eigenvalue weighted by Gasteiger charge is 2.08. The highest BCUT2D eigenvalue weighted by Crippen LogP contribution is 2.13. The Morgan fingerprint density at radius 3 is 2.29 bits per heavy atom. The van der Waals surface area contributed by atoms with Crippen molar-refractivity contribution in [3.05, 3.63) is 29.8 Å². The van der Waals surface area contributed by atoms with E-state index in [-0.39, 0.29) is 12.5 Å². The number of amides is 1. The molecule has 1 aromatic rings. The molecule has 21 heavy (non-hydrogen) atoms. The fourth-order valence-corrected chi connectivity index (χ4v) is 2.17. The van der Waals surface area contributed by atoms with Crippen LogP contribution in [0, 0.1) is 0 Å². The van der Waals surface area contributed by atoms with Gasteiger partial charge in [-0.15, -0.1) is 0 Å². The molecule has 0 aliphatic rings. The molecule has 4 heteroatoms. The summed E-state index contributed by atoms with van der Waals surface area (Å²) in [6.07, 6.45) is 4.09. The van der Waals surface area contributed by atoms with Gasteiger partial charge in [0, 0.05) is 46.4 Å². The van der Waals surface area contributed by atoms with E-state index in [4.69, 9.17) is 5.11 Å². The quantitative estimate of drug-likeness (QED) is 0.710. The lowest BCUT2D eigenvalue weighted by atomic mass is 10.1. The third-order valence-corrected chi connectivity index (χ3v) is 3.66. The van der Waals surface area contributed by atoms with Gasteiger partial charge in [-0.05, 0) is 43.4 Å². The largest absolute Gasteiger partial charge is 0.396 e. The summed E-state index contributed by atoms with van der Waals surface area (Å²) in [5.74, 6) is 0.190. The van der Waals surface area contributed by atoms with Gasteiger partial charge < -0.3 is 14.9 Å². The van der Waals surface area contributed by atoms with Gasteiger partial charge >= 0.3 is 0 Å². The molecule has 0 aliphatic heterocycles. The van der Waals surface area contributed by atoms with Gasteiger partial charge in [-0.1, -0.05) is 12.1 Å². The molecule has 0 saturated carbocycles. The SMILES string of the molecule is CN(CCCCCO)C(=O)CCc1ccc(N(C)C)cc1. The average Bonchev–Trinajstić information content (AvgIpc) is 2.49. The van der Waals surface area contributed by atoms with Crippen molar-refractivity contribution in [1.82, 2.24) is 4.90 Å². The first-order valence-corrected chi connectivity index (χ1v) is 7.65. The standard InChI is InChI=1S/C17H28N2O2/c1-18(2)16-10-7-15(8-11-16)9-12-17(21)19(3)13-5-4-6-14-20/h7-8,10-11,20H,4-6,9,12-14H2,1-3H3. The van der Waals surface area contributed by atoms with Crippen LogP contribution in [-0.4, -0.2) is 50.2 Å². The lowest BCUT2D eigenvalue weighted by Gasteiger charge is -2.17. The van der Waals surface area contributed by atoms with Crippen molar-refractivity contribution >= 4 is 11.6 Å². The second-order valence-electron chi connectivity index (χ2n) is 5.66. The molecule has 1 N–H and O–H groups in total. The van der Waals surface area contributed by atoms with Crippen molar-refractivity contribution in [3.8, 4) is 0 Å². The van der Waals surface area contributed by atoms with E-state index in [1.807, 2.05) is 21.1 Å². The van der Waals surface area contributed by atoms with E-state index in [1.165, 1.54) is 11.3 Å². The fourth-order valence-electron chi connectivity index (χ4n) is 2.17. The van der Waals surface area contributed by atoms with E-state index in [1.54, 1.807) is 4.90 Å². The molecule has 0 heterocycles. The number of rotatable bonds is 9. The van der Waals surface area contributed by atoms with E-state index in [0.29, 0.717) is 6.42 Å². The second kappa shape index (κ2) is 9.40. The van der Waals surface area contributed by atoms with Gasteiger partial charge in [0.2, 0.25) is 5.91 Å². The number of hydrogen-bond donors (Lipinski definition) is 1. The lowest BCUT2D eigenvalue weighted by Crippen LogP contribution is -2.27. The molecule has 0 fully saturated rings. The first-order chi connectivity index (χ1) is 10.0. The Kier molecular flexibility index (Phi) is 7.83. The number of aliphatic hydroxyl groups is 1. The summed E-state index contributed by atoms with van der Waals surface area (Å²) in [6, 6.07) is 8.34. The minimum absolute atomic E-state index is 0.190. The van der Waals surface area contributed by atoms with Crippen LogP contribution in [0.25, 0.3) is 0 Å². The number of aliphatic hydroxyl groups excluding tert-OH is 1. The van der Waals surface area contributed by atoms with Crippen molar-refractivity contribution in [1.29, 1.82) is 0 Å². The van der Waals surface area contributed by atoms with Gasteiger partial charge in [0.15, 0.2) is 0 Å². The topological polar surface area (TPSA) is 43.8 Å². The minimum Gasteiger partial charge on any atom is -0.396 e. The Morgan fingerprint density at radius 2 is 1.71 bits per heavy atom. The zero-order valence-corrected chi connectivity index (χ0v) is 13.5. The molecule has 0 aromatic heterocycles. The summed E-state index contributed by atoms with van der Waals surface area (Å²) in [6.45, 7) is 1.01. The molecule has 0 unspecified atom stereocenters. The molecule has 0 spiro atoms. The summed E-state index contributed by atoms with van der Waals surface area (Å²) >= 11 is 0. The Morgan fingerprint density at radius 1 is 1.05 bits per heavy atom. The molecule has 0 atom stereocenters. The zero-order chi connectivity index (χ0) is 15.7. The number of hydrogen-bond acceptors (Lipinski definition) is 3. The third kappa shape index (κ3) is 6.63. The van der Waals surface area contributed by atoms with Crippen LogP contribution in [0.1, 0.15) is 31.2 Å². The predicted molar refractivity (Wildman–Crippen MR) is 87.7 cm³/mol. The number of carbonyl (C=O) groups is 1. The van der Waals surface area contributed by atoms with Crippen LogP contribution in [0.3, 0.4) is 0 Å². The molecule has 1 rings (SSSR count). The number of aryl methyl sites for hydroxylation is 1. The summed E-state index contributed by atoms with van der Waals surface area (Å²) in [7, 11) is 5.89. The summed E-state index contributed by atoms with van der Waals surface area (Å²) < 4.78 is 0. The van der Waals surface area contributed by atoms with Crippen LogP contribution >= 0.6 is 0 Å². The maximum Gasteiger partial charge on any atom is 0.222 e. The van der Waals surface area contributed by atoms with Gasteiger partial charge in [-0.3, -0.25) is 4.79 Å². The fraction of sp³-hybridized carbons (Fsp3) is 0.588. The van der Waals surface area contributed by atoms with Crippen molar-refractivity contribution in [2.24, 2.45) is 0 Å². The van der Waals surface area contributed by atoms with Crippen LogP contribution in [0.2, 0.25) is 0 Å². The first kappa shape index (κ1) is 17.5. The van der Waals surface area contributed by atoms with E-state index in [0.717, 1.165) is 32.2 Å². The van der Waals surface area contributed by atoms with Crippen LogP contribution in [0.4, 0.5) is 5.69 Å². The monoisotopic (exact) mass is 292 g/mol. The van der Waals surface area contributed by atoms with Crippen LogP contribution in [-0.2, 0) is 11.2 Å². The summed E-state index contributed by atoms with van der Waals surface area (Å²) in [5.41, 5.74) is 2.37. The summed E-state index contributed by atoms with van der Waals surface area (Å²) in [4.78, 5) is 15.9. The highest BCUT2D eigenvalue weighted by atomic mass is 16.2. The van der Waals surface area contributed by atoms with Gasteiger partial charge in [-0.2, -0.15) is 0 Å². The molecule has 118 valence electrons. The van der Waals surface area contributed by atoms with Crippen molar-refractivity contribution in [2.45, 2.75) is 32.1 Å². The Bertz CT molecular complexity index is 415. The number of nitrogens with zero attached hydrogens (tertiary/aromatic N) is 2. The minimum atomic E-state index is 0.190. The van der Waals surface area contributed by atoms with Crippen LogP contribution in [0.5, 0.6) is 0 Å². The van der Waals surface area contributed by atoms with Crippen LogP contribution < -0.4 is 4.90 Å². The Hall–Kier alpha value is -1.55. The summed E-state index contributed by atoms with van der Waals surface area (Å²) in [5, 5.41) is 8.72. The molecular formula is C17H28N2O2. The van der Waals surface area contributed by atoms with Crippen molar-refractivity contribution < 1.29 is 9.90 Å². The Labute approximate surface area is 128 Å². The number of benzene rings is 1. The predicted octanol–water partition coefficient (Wildman–Crippen LogP) is 2.31. The molecule has 0 bridgehead atoms. The molecule has 0 radical (unpaired) electrons. The maximum absolute atomic E-state index is 12.0. The van der Waals surface area contributed by atoms with Gasteiger partial charge in [0.25, 0.3) is 0 Å². The first-order valence-electron chi connectivity index (χ1n) is 7.65. The van der Waals surface area contributed by atoms with Crippen molar-refractivity contribution in [2.75, 3.05) is 39.2 Å². The second-order valence-corrected chi connectivity index (χ2v) is 5.66.